The lowest BCUT2D eigenvalue weighted by atomic mass is 10.1. The number of amides is 1. The molecule has 1 aromatic heterocycles. The van der Waals surface area contributed by atoms with Gasteiger partial charge in [0.05, 0.1) is 16.8 Å². The Kier molecular flexibility index (Phi) is 6.69. The van der Waals surface area contributed by atoms with E-state index in [1.807, 2.05) is 24.3 Å². The van der Waals surface area contributed by atoms with Crippen LogP contribution in [0.2, 0.25) is 0 Å². The molecule has 0 fully saturated rings. The number of thiazole rings is 1. The van der Waals surface area contributed by atoms with Crippen LogP contribution in [-0.4, -0.2) is 35.4 Å². The predicted molar refractivity (Wildman–Crippen MR) is 110 cm³/mol. The molecule has 0 aliphatic rings. The van der Waals surface area contributed by atoms with Crippen LogP contribution in [0.25, 0.3) is 10.2 Å². The molecular weight excluding hydrogens is 392 g/mol. The molecule has 1 amide bonds. The quantitative estimate of drug-likeness (QED) is 0.449. The number of hydrogen-bond acceptors (Lipinski definition) is 7. The van der Waals surface area contributed by atoms with Crippen LogP contribution >= 0.6 is 11.3 Å². The molecular formula is C21H20N2O5S. The van der Waals surface area contributed by atoms with Crippen molar-refractivity contribution in [3.8, 4) is 0 Å². The maximum atomic E-state index is 12.2. The molecule has 0 aliphatic carbocycles. The van der Waals surface area contributed by atoms with Crippen molar-refractivity contribution in [3.05, 3.63) is 59.1 Å². The third-order valence-corrected chi connectivity index (χ3v) is 5.01. The van der Waals surface area contributed by atoms with Crippen LogP contribution in [0.1, 0.15) is 29.2 Å². The van der Waals surface area contributed by atoms with E-state index in [1.54, 1.807) is 24.3 Å². The van der Waals surface area contributed by atoms with Crippen molar-refractivity contribution in [2.75, 3.05) is 11.9 Å². The average Bonchev–Trinajstić information content (AvgIpc) is 3.10. The van der Waals surface area contributed by atoms with Gasteiger partial charge in [-0.05, 0) is 38.1 Å². The van der Waals surface area contributed by atoms with Gasteiger partial charge in [-0.25, -0.2) is 9.78 Å². The largest absolute Gasteiger partial charge is 0.451 e. The van der Waals surface area contributed by atoms with Crippen molar-refractivity contribution < 1.29 is 23.9 Å². The molecule has 0 unspecified atom stereocenters. The van der Waals surface area contributed by atoms with E-state index < -0.39 is 18.0 Å². The number of hydrogen-bond donors (Lipinski definition) is 1. The number of aromatic nitrogens is 1. The van der Waals surface area contributed by atoms with E-state index >= 15 is 0 Å². The smallest absolute Gasteiger partial charge is 0.332 e. The summed E-state index contributed by atoms with van der Waals surface area (Å²) in [4.78, 5) is 40.0. The minimum Gasteiger partial charge on any atom is -0.451 e. The summed E-state index contributed by atoms with van der Waals surface area (Å²) < 4.78 is 11.5. The number of nitrogens with one attached hydrogen (secondary N) is 1. The highest BCUT2D eigenvalue weighted by atomic mass is 32.1. The Hall–Kier alpha value is -3.10. The highest BCUT2D eigenvalue weighted by Crippen LogP contribution is 2.21. The Morgan fingerprint density at radius 3 is 2.69 bits per heavy atom. The third-order valence-electron chi connectivity index (χ3n) is 4.00. The number of esters is 1. The zero-order valence-electron chi connectivity index (χ0n) is 16.0. The van der Waals surface area contributed by atoms with Gasteiger partial charge in [-0.2, -0.15) is 0 Å². The van der Waals surface area contributed by atoms with Gasteiger partial charge in [-0.15, -0.1) is 11.3 Å². The van der Waals surface area contributed by atoms with Gasteiger partial charge >= 0.3 is 5.97 Å². The molecule has 0 spiro atoms. The molecule has 0 saturated heterocycles. The van der Waals surface area contributed by atoms with E-state index in [4.69, 9.17) is 9.47 Å². The van der Waals surface area contributed by atoms with E-state index in [9.17, 15) is 14.4 Å². The zero-order chi connectivity index (χ0) is 20.8. The molecule has 0 aliphatic heterocycles. The summed E-state index contributed by atoms with van der Waals surface area (Å²) in [6, 6.07) is 14.3. The summed E-state index contributed by atoms with van der Waals surface area (Å²) in [6.07, 6.45) is -1.01. The number of anilines is 1. The molecule has 8 heteroatoms. The van der Waals surface area contributed by atoms with Crippen LogP contribution < -0.4 is 5.32 Å². The summed E-state index contributed by atoms with van der Waals surface area (Å²) in [7, 11) is 0. The summed E-state index contributed by atoms with van der Waals surface area (Å²) in [5, 5.41) is 3.38. The molecule has 0 radical (unpaired) electrons. The third kappa shape index (κ3) is 5.69. The van der Waals surface area contributed by atoms with Gasteiger partial charge in [0.1, 0.15) is 11.6 Å². The number of ketones is 1. The zero-order valence-corrected chi connectivity index (χ0v) is 16.8. The summed E-state index contributed by atoms with van der Waals surface area (Å²) >= 11 is 1.50. The van der Waals surface area contributed by atoms with Crippen molar-refractivity contribution in [3.63, 3.8) is 0 Å². The van der Waals surface area contributed by atoms with Crippen molar-refractivity contribution in [2.24, 2.45) is 0 Å². The standard InChI is InChI=1S/C21H20N2O5S/c1-13(24)15-6-5-7-16(10-15)22-21(26)14(2)28-20(25)12-27-11-19-23-17-8-3-4-9-18(17)29-19/h3-10,14H,11-12H2,1-2H3,(H,22,26)/t14-/m1/s1. The van der Waals surface area contributed by atoms with Gasteiger partial charge in [0.25, 0.3) is 5.91 Å². The van der Waals surface area contributed by atoms with Crippen molar-refractivity contribution in [1.82, 2.24) is 4.98 Å². The van der Waals surface area contributed by atoms with Crippen molar-refractivity contribution >= 4 is 44.9 Å². The monoisotopic (exact) mass is 412 g/mol. The van der Waals surface area contributed by atoms with Gasteiger partial charge in [-0.1, -0.05) is 24.3 Å². The summed E-state index contributed by atoms with van der Waals surface area (Å²) in [6.45, 7) is 2.81. The number of para-hydroxylation sites is 1. The van der Waals surface area contributed by atoms with Crippen LogP contribution in [0.3, 0.4) is 0 Å². The summed E-state index contributed by atoms with van der Waals surface area (Å²) in [5.41, 5.74) is 1.83. The molecule has 2 aromatic carbocycles. The molecule has 0 saturated carbocycles. The van der Waals surface area contributed by atoms with E-state index in [0.29, 0.717) is 11.3 Å². The van der Waals surface area contributed by atoms with Gasteiger partial charge in [-0.3, -0.25) is 9.59 Å². The first kappa shape index (κ1) is 20.6. The molecule has 3 rings (SSSR count). The highest BCUT2D eigenvalue weighted by molar-refractivity contribution is 7.18. The molecule has 29 heavy (non-hydrogen) atoms. The SMILES string of the molecule is CC(=O)c1cccc(NC(=O)[C@@H](C)OC(=O)COCc2nc3ccccc3s2)c1. The Morgan fingerprint density at radius 1 is 1.14 bits per heavy atom. The number of carbonyl (C=O) groups excluding carboxylic acids is 3. The second-order valence-electron chi connectivity index (χ2n) is 6.33. The second kappa shape index (κ2) is 9.40. The average molecular weight is 412 g/mol. The molecule has 1 heterocycles. The molecule has 7 nitrogen and oxygen atoms in total. The maximum Gasteiger partial charge on any atom is 0.332 e. The minimum absolute atomic E-state index is 0.106. The van der Waals surface area contributed by atoms with Crippen molar-refractivity contribution in [1.29, 1.82) is 0 Å². The van der Waals surface area contributed by atoms with Gasteiger partial charge < -0.3 is 14.8 Å². The van der Waals surface area contributed by atoms with Gasteiger partial charge in [0.2, 0.25) is 0 Å². The minimum atomic E-state index is -1.01. The second-order valence-corrected chi connectivity index (χ2v) is 7.44. The lowest BCUT2D eigenvalue weighted by Gasteiger charge is -2.14. The molecule has 1 atom stereocenters. The maximum absolute atomic E-state index is 12.2. The predicted octanol–water partition coefficient (Wildman–Crippen LogP) is 3.59. The number of rotatable bonds is 8. The lowest BCUT2D eigenvalue weighted by Crippen LogP contribution is -2.31. The molecule has 0 bridgehead atoms. The van der Waals surface area contributed by atoms with Crippen LogP contribution in [0.15, 0.2) is 48.5 Å². The van der Waals surface area contributed by atoms with E-state index in [0.717, 1.165) is 15.2 Å². The Labute approximate surface area is 171 Å². The number of fused-ring (bicyclic) bond motifs is 1. The lowest BCUT2D eigenvalue weighted by molar-refractivity contribution is -0.157. The van der Waals surface area contributed by atoms with Gasteiger partial charge in [0.15, 0.2) is 11.9 Å². The highest BCUT2D eigenvalue weighted by Gasteiger charge is 2.18. The van der Waals surface area contributed by atoms with Crippen LogP contribution in [0.5, 0.6) is 0 Å². The number of benzene rings is 2. The Balaban J connectivity index is 1.45. The topological polar surface area (TPSA) is 94.6 Å². The normalized spacial score (nSPS) is 11.8. The van der Waals surface area contributed by atoms with E-state index in [2.05, 4.69) is 10.3 Å². The number of Topliss-reactive ketones (excluding diaryl/α,β-unsaturated/α-hetero) is 1. The van der Waals surface area contributed by atoms with Gasteiger partial charge in [0, 0.05) is 11.3 Å². The number of nitrogens with zero attached hydrogens (tertiary/aromatic N) is 1. The molecule has 3 aromatic rings. The van der Waals surface area contributed by atoms with Crippen molar-refractivity contribution in [2.45, 2.75) is 26.6 Å². The fourth-order valence-electron chi connectivity index (χ4n) is 2.55. The first-order valence-corrected chi connectivity index (χ1v) is 9.77. The fourth-order valence-corrected chi connectivity index (χ4v) is 3.45. The van der Waals surface area contributed by atoms with Crippen LogP contribution in [0.4, 0.5) is 5.69 Å². The molecule has 1 N–H and O–H groups in total. The first-order valence-electron chi connectivity index (χ1n) is 8.96. The fraction of sp³-hybridized carbons (Fsp3) is 0.238. The number of ether oxygens (including phenoxy) is 2. The Morgan fingerprint density at radius 2 is 1.93 bits per heavy atom. The van der Waals surface area contributed by atoms with Crippen LogP contribution in [0, 0.1) is 0 Å². The Bertz CT molecular complexity index is 1010. The van der Waals surface area contributed by atoms with Crippen LogP contribution in [-0.2, 0) is 25.7 Å². The summed E-state index contributed by atoms with van der Waals surface area (Å²) in [5.74, 6) is -1.25. The van der Waals surface area contributed by atoms with E-state index in [1.165, 1.54) is 25.2 Å². The molecule has 150 valence electrons. The first-order chi connectivity index (χ1) is 13.9. The number of carbonyl (C=O) groups is 3. The van der Waals surface area contributed by atoms with E-state index in [-0.39, 0.29) is 19.0 Å².